The van der Waals surface area contributed by atoms with E-state index in [9.17, 15) is 15.2 Å². The average Bonchev–Trinajstić information content (AvgIpc) is 3.45. The van der Waals surface area contributed by atoms with E-state index in [0.717, 1.165) is 11.4 Å². The molecule has 2 aromatic carbocycles. The highest BCUT2D eigenvalue weighted by Crippen LogP contribution is 2.43. The Kier molecular flexibility index (Phi) is 5.23. The van der Waals surface area contributed by atoms with Crippen molar-refractivity contribution in [2.24, 2.45) is 0 Å². The van der Waals surface area contributed by atoms with Crippen LogP contribution >= 0.6 is 12.2 Å². The highest BCUT2D eigenvalue weighted by Gasteiger charge is 2.42. The molecule has 0 unspecified atom stereocenters. The van der Waals surface area contributed by atoms with Gasteiger partial charge in [0.25, 0.3) is 5.69 Å². The largest absolute Gasteiger partial charge is 0.508 e. The van der Waals surface area contributed by atoms with Crippen LogP contribution in [0.25, 0.3) is 11.3 Å². The monoisotopic (exact) mass is 458 g/mol. The van der Waals surface area contributed by atoms with Gasteiger partial charge >= 0.3 is 0 Å². The molecule has 4 aromatic rings. The van der Waals surface area contributed by atoms with Crippen LogP contribution in [-0.4, -0.2) is 20.1 Å². The number of nitrogens with zero attached hydrogens (tertiary/aromatic N) is 3. The second-order valence-corrected chi connectivity index (χ2v) is 7.88. The molecule has 2 N–H and O–H groups in total. The number of phenols is 1. The fraction of sp³-hybridized carbons (Fsp3) is 0.0833. The molecule has 0 saturated carbocycles. The van der Waals surface area contributed by atoms with Crippen molar-refractivity contribution in [3.8, 4) is 17.1 Å². The van der Waals surface area contributed by atoms with Gasteiger partial charge in [-0.2, -0.15) is 0 Å². The number of rotatable bonds is 5. The first-order valence-electron chi connectivity index (χ1n) is 10.2. The number of pyridine rings is 1. The Morgan fingerprint density at radius 2 is 1.79 bits per heavy atom. The van der Waals surface area contributed by atoms with Gasteiger partial charge in [-0.1, -0.05) is 18.2 Å². The topological polar surface area (TPSA) is 105 Å². The normalized spacial score (nSPS) is 17.7. The number of nitro groups is 1. The second-order valence-electron chi connectivity index (χ2n) is 7.49. The van der Waals surface area contributed by atoms with Crippen molar-refractivity contribution in [1.82, 2.24) is 10.3 Å². The lowest BCUT2D eigenvalue weighted by Crippen LogP contribution is -2.29. The summed E-state index contributed by atoms with van der Waals surface area (Å²) < 4.78 is 6.20. The van der Waals surface area contributed by atoms with Crippen molar-refractivity contribution in [1.29, 1.82) is 0 Å². The van der Waals surface area contributed by atoms with Crippen molar-refractivity contribution in [3.63, 3.8) is 0 Å². The van der Waals surface area contributed by atoms with Crippen LogP contribution in [0.4, 0.5) is 11.4 Å². The van der Waals surface area contributed by atoms with Crippen molar-refractivity contribution < 1.29 is 14.4 Å². The quantitative estimate of drug-likeness (QED) is 0.241. The third-order valence-corrected chi connectivity index (χ3v) is 5.83. The van der Waals surface area contributed by atoms with E-state index in [0.29, 0.717) is 22.2 Å². The van der Waals surface area contributed by atoms with Crippen molar-refractivity contribution in [2.75, 3.05) is 4.90 Å². The Morgan fingerprint density at radius 1 is 1.03 bits per heavy atom. The number of hydrogen-bond acceptors (Lipinski definition) is 6. The van der Waals surface area contributed by atoms with E-state index in [4.69, 9.17) is 16.6 Å². The summed E-state index contributed by atoms with van der Waals surface area (Å²) in [5.74, 6) is 1.10. The van der Waals surface area contributed by atoms with E-state index >= 15 is 0 Å². The lowest BCUT2D eigenvalue weighted by atomic mass is 10.0. The van der Waals surface area contributed by atoms with Crippen LogP contribution in [0.5, 0.6) is 5.75 Å². The number of thiocarbonyl (C=S) groups is 1. The average molecular weight is 458 g/mol. The van der Waals surface area contributed by atoms with Gasteiger partial charge < -0.3 is 19.7 Å². The van der Waals surface area contributed by atoms with Gasteiger partial charge in [-0.25, -0.2) is 0 Å². The zero-order valence-corrected chi connectivity index (χ0v) is 18.0. The molecule has 5 rings (SSSR count). The van der Waals surface area contributed by atoms with Crippen molar-refractivity contribution >= 4 is 28.7 Å². The lowest BCUT2D eigenvalue weighted by molar-refractivity contribution is -0.384. The number of nitro benzene ring substituents is 1. The molecule has 0 spiro atoms. The van der Waals surface area contributed by atoms with Gasteiger partial charge in [0.1, 0.15) is 23.3 Å². The van der Waals surface area contributed by atoms with Gasteiger partial charge in [-0.05, 0) is 66.8 Å². The summed E-state index contributed by atoms with van der Waals surface area (Å²) in [6.45, 7) is 0. The molecule has 33 heavy (non-hydrogen) atoms. The molecule has 1 fully saturated rings. The molecule has 1 aliphatic heterocycles. The number of furan rings is 1. The molecule has 0 amide bonds. The van der Waals surface area contributed by atoms with E-state index in [1.807, 2.05) is 23.1 Å². The number of hydrogen-bond donors (Lipinski definition) is 2. The molecule has 9 heteroatoms. The molecule has 0 bridgehead atoms. The summed E-state index contributed by atoms with van der Waals surface area (Å²) in [6, 6.07) is 21.6. The molecular formula is C24H18N4O4S. The molecule has 0 radical (unpaired) electrons. The summed E-state index contributed by atoms with van der Waals surface area (Å²) >= 11 is 5.66. The van der Waals surface area contributed by atoms with Gasteiger partial charge in [0.05, 0.1) is 22.2 Å². The predicted molar refractivity (Wildman–Crippen MR) is 127 cm³/mol. The molecule has 1 saturated heterocycles. The summed E-state index contributed by atoms with van der Waals surface area (Å²) in [7, 11) is 0. The van der Waals surface area contributed by atoms with Gasteiger partial charge in [0.15, 0.2) is 5.11 Å². The Labute approximate surface area is 194 Å². The summed E-state index contributed by atoms with van der Waals surface area (Å²) in [6.07, 6.45) is 1.71. The fourth-order valence-corrected chi connectivity index (χ4v) is 4.38. The van der Waals surface area contributed by atoms with E-state index in [-0.39, 0.29) is 17.5 Å². The molecular weight excluding hydrogens is 440 g/mol. The number of phenolic OH excluding ortho intramolecular Hbond substituents is 1. The van der Waals surface area contributed by atoms with Gasteiger partial charge in [0.2, 0.25) is 0 Å². The number of aromatic hydroxyl groups is 1. The Balaban J connectivity index is 1.61. The van der Waals surface area contributed by atoms with E-state index in [2.05, 4.69) is 10.3 Å². The molecule has 164 valence electrons. The lowest BCUT2D eigenvalue weighted by Gasteiger charge is -2.26. The Hall–Kier alpha value is -4.24. The predicted octanol–water partition coefficient (Wildman–Crippen LogP) is 5.13. The Bertz CT molecular complexity index is 1320. The molecule has 8 nitrogen and oxygen atoms in total. The van der Waals surface area contributed by atoms with Crippen molar-refractivity contribution in [3.05, 3.63) is 107 Å². The maximum atomic E-state index is 11.5. The van der Waals surface area contributed by atoms with Crippen LogP contribution in [0.2, 0.25) is 0 Å². The minimum Gasteiger partial charge on any atom is -0.508 e. The number of aromatic nitrogens is 1. The fourth-order valence-electron chi connectivity index (χ4n) is 4.03. The van der Waals surface area contributed by atoms with Crippen LogP contribution in [0, 0.1) is 10.1 Å². The smallest absolute Gasteiger partial charge is 0.280 e. The maximum absolute atomic E-state index is 11.5. The highest BCUT2D eigenvalue weighted by molar-refractivity contribution is 7.80. The van der Waals surface area contributed by atoms with Crippen LogP contribution < -0.4 is 10.2 Å². The van der Waals surface area contributed by atoms with Crippen molar-refractivity contribution in [2.45, 2.75) is 12.1 Å². The highest BCUT2D eigenvalue weighted by atomic mass is 32.1. The zero-order valence-electron chi connectivity index (χ0n) is 17.2. The van der Waals surface area contributed by atoms with Crippen LogP contribution in [-0.2, 0) is 0 Å². The summed E-state index contributed by atoms with van der Waals surface area (Å²) in [4.78, 5) is 17.5. The minimum absolute atomic E-state index is 0.0323. The van der Waals surface area contributed by atoms with Gasteiger partial charge in [-0.3, -0.25) is 15.1 Å². The standard InChI is InChI=1S/C24H18N4O4S/c29-16-10-8-15(9-11-16)27-23(22(26-24(27)33)18-6-3-4-14-25-18)21-13-12-20(32-21)17-5-1-2-7-19(17)28(30)31/h1-14,22-23,29H,(H,26,33)/t22-,23-/m0/s1. The Morgan fingerprint density at radius 3 is 2.52 bits per heavy atom. The molecule has 2 atom stereocenters. The zero-order chi connectivity index (χ0) is 22.9. The third-order valence-electron chi connectivity index (χ3n) is 5.51. The summed E-state index contributed by atoms with van der Waals surface area (Å²) in [5, 5.41) is 25.0. The SMILES string of the molecule is O=[N+]([O-])c1ccccc1-c1ccc([C@H]2[C@H](c3ccccn3)NC(=S)N2c2ccc(O)cc2)o1. The van der Waals surface area contributed by atoms with E-state index < -0.39 is 11.0 Å². The third kappa shape index (κ3) is 3.79. The summed E-state index contributed by atoms with van der Waals surface area (Å²) in [5.41, 5.74) is 1.90. The first-order chi connectivity index (χ1) is 16.0. The first kappa shape index (κ1) is 20.7. The molecule has 1 aliphatic rings. The molecule has 2 aromatic heterocycles. The number of anilines is 1. The first-order valence-corrected chi connectivity index (χ1v) is 10.6. The minimum atomic E-state index is -0.427. The molecule has 3 heterocycles. The van der Waals surface area contributed by atoms with Gasteiger partial charge in [-0.15, -0.1) is 0 Å². The van der Waals surface area contributed by atoms with Crippen LogP contribution in [0.3, 0.4) is 0 Å². The maximum Gasteiger partial charge on any atom is 0.280 e. The van der Waals surface area contributed by atoms with Gasteiger partial charge in [0, 0.05) is 18.0 Å². The molecule has 0 aliphatic carbocycles. The number of benzene rings is 2. The number of nitrogens with one attached hydrogen (secondary N) is 1. The van der Waals surface area contributed by atoms with Crippen LogP contribution in [0.1, 0.15) is 23.5 Å². The second kappa shape index (κ2) is 8.36. The van der Waals surface area contributed by atoms with E-state index in [1.165, 1.54) is 6.07 Å². The van der Waals surface area contributed by atoms with E-state index in [1.54, 1.807) is 60.8 Å². The number of para-hydroxylation sites is 1. The van der Waals surface area contributed by atoms with Crippen LogP contribution in [0.15, 0.2) is 89.5 Å².